The smallest absolute Gasteiger partial charge is 0.324 e. The molecule has 0 fully saturated rings. The molecule has 2 amide bonds. The van der Waals surface area contributed by atoms with E-state index in [9.17, 15) is 19.7 Å². The second kappa shape index (κ2) is 5.69. The standard InChI is InChI=1S/C14H11N3O5S/c1-7-13(18)16-9-6-8(2-3-10(9)22-7)15-14(19)11-4-5-12(23-11)17(20)21/h2-7H,1H3,(H,15,19)(H,16,18). The van der Waals surface area contributed by atoms with E-state index in [4.69, 9.17) is 4.74 Å². The molecule has 1 unspecified atom stereocenters. The number of rotatable bonds is 3. The molecule has 0 aliphatic carbocycles. The first-order valence-corrected chi connectivity index (χ1v) is 7.43. The number of carbonyl (C=O) groups excluding carboxylic acids is 2. The number of benzene rings is 1. The van der Waals surface area contributed by atoms with Crippen molar-refractivity contribution in [2.45, 2.75) is 13.0 Å². The van der Waals surface area contributed by atoms with Gasteiger partial charge in [-0.25, -0.2) is 0 Å². The summed E-state index contributed by atoms with van der Waals surface area (Å²) in [5.74, 6) is -0.212. The first kappa shape index (κ1) is 15.0. The van der Waals surface area contributed by atoms with E-state index >= 15 is 0 Å². The molecule has 2 aromatic rings. The Bertz CT molecular complexity index is 816. The number of nitrogens with zero attached hydrogens (tertiary/aromatic N) is 1. The molecule has 2 N–H and O–H groups in total. The second-order valence-corrected chi connectivity index (χ2v) is 5.87. The number of anilines is 2. The van der Waals surface area contributed by atoms with Crippen LogP contribution in [0, 0.1) is 10.1 Å². The Kier molecular flexibility index (Phi) is 3.70. The number of hydrogen-bond acceptors (Lipinski definition) is 6. The van der Waals surface area contributed by atoms with E-state index in [1.165, 1.54) is 12.1 Å². The zero-order valence-electron chi connectivity index (χ0n) is 11.9. The van der Waals surface area contributed by atoms with Crippen molar-refractivity contribution in [3.8, 4) is 5.75 Å². The third kappa shape index (κ3) is 2.99. The van der Waals surface area contributed by atoms with Crippen LogP contribution in [0.25, 0.3) is 0 Å². The van der Waals surface area contributed by atoms with Crippen LogP contribution in [-0.4, -0.2) is 22.8 Å². The molecule has 0 bridgehead atoms. The fourth-order valence-corrected chi connectivity index (χ4v) is 2.74. The summed E-state index contributed by atoms with van der Waals surface area (Å²) in [6.45, 7) is 1.64. The van der Waals surface area contributed by atoms with Crippen LogP contribution in [0.5, 0.6) is 5.75 Å². The Hall–Kier alpha value is -2.94. The van der Waals surface area contributed by atoms with Gasteiger partial charge in [0.05, 0.1) is 15.5 Å². The summed E-state index contributed by atoms with van der Waals surface area (Å²) in [5.41, 5.74) is 0.909. The van der Waals surface area contributed by atoms with Gasteiger partial charge in [-0.3, -0.25) is 19.7 Å². The highest BCUT2D eigenvalue weighted by molar-refractivity contribution is 7.17. The zero-order chi connectivity index (χ0) is 16.6. The Morgan fingerprint density at radius 1 is 1.39 bits per heavy atom. The van der Waals surface area contributed by atoms with Crippen LogP contribution in [0.3, 0.4) is 0 Å². The van der Waals surface area contributed by atoms with Crippen molar-refractivity contribution < 1.29 is 19.2 Å². The van der Waals surface area contributed by atoms with Crippen molar-refractivity contribution in [1.82, 2.24) is 0 Å². The molecule has 2 heterocycles. The molecule has 1 aliphatic heterocycles. The van der Waals surface area contributed by atoms with Gasteiger partial charge in [0.1, 0.15) is 5.75 Å². The van der Waals surface area contributed by atoms with Crippen LogP contribution >= 0.6 is 11.3 Å². The van der Waals surface area contributed by atoms with Crippen molar-refractivity contribution in [2.75, 3.05) is 10.6 Å². The number of carbonyl (C=O) groups is 2. The van der Waals surface area contributed by atoms with Gasteiger partial charge in [-0.2, -0.15) is 0 Å². The van der Waals surface area contributed by atoms with Crippen LogP contribution in [0.4, 0.5) is 16.4 Å². The second-order valence-electron chi connectivity index (χ2n) is 4.81. The zero-order valence-corrected chi connectivity index (χ0v) is 12.7. The van der Waals surface area contributed by atoms with Crippen LogP contribution < -0.4 is 15.4 Å². The number of hydrogen-bond donors (Lipinski definition) is 2. The monoisotopic (exact) mass is 333 g/mol. The number of nitrogens with one attached hydrogen (secondary N) is 2. The number of fused-ring (bicyclic) bond motifs is 1. The highest BCUT2D eigenvalue weighted by atomic mass is 32.1. The summed E-state index contributed by atoms with van der Waals surface area (Å²) in [7, 11) is 0. The maximum Gasteiger partial charge on any atom is 0.324 e. The Balaban J connectivity index is 1.78. The Labute approximate surface area is 134 Å². The topological polar surface area (TPSA) is 111 Å². The van der Waals surface area contributed by atoms with E-state index in [0.29, 0.717) is 17.1 Å². The van der Waals surface area contributed by atoms with Gasteiger partial charge >= 0.3 is 5.00 Å². The molecule has 23 heavy (non-hydrogen) atoms. The van der Waals surface area contributed by atoms with E-state index < -0.39 is 16.9 Å². The maximum absolute atomic E-state index is 12.1. The molecular formula is C14H11N3O5S. The average Bonchev–Trinajstić information content (AvgIpc) is 2.99. The Morgan fingerprint density at radius 3 is 2.87 bits per heavy atom. The van der Waals surface area contributed by atoms with Gasteiger partial charge in [0.25, 0.3) is 11.8 Å². The van der Waals surface area contributed by atoms with Crippen molar-refractivity contribution in [3.63, 3.8) is 0 Å². The lowest BCUT2D eigenvalue weighted by molar-refractivity contribution is -0.380. The number of amides is 2. The van der Waals surface area contributed by atoms with Gasteiger partial charge < -0.3 is 15.4 Å². The minimum absolute atomic E-state index is 0.102. The Morgan fingerprint density at radius 2 is 2.17 bits per heavy atom. The maximum atomic E-state index is 12.1. The predicted octanol–water partition coefficient (Wildman–Crippen LogP) is 2.63. The van der Waals surface area contributed by atoms with E-state index in [1.807, 2.05) is 0 Å². The average molecular weight is 333 g/mol. The summed E-state index contributed by atoms with van der Waals surface area (Å²) in [6.07, 6.45) is -0.574. The van der Waals surface area contributed by atoms with Gasteiger partial charge in [-0.15, -0.1) is 0 Å². The first-order chi connectivity index (χ1) is 10.9. The minimum atomic E-state index is -0.574. The summed E-state index contributed by atoms with van der Waals surface area (Å²) in [4.78, 5) is 34.0. The number of ether oxygens (including phenoxy) is 1. The molecule has 1 aromatic heterocycles. The van der Waals surface area contributed by atoms with Gasteiger partial charge in [-0.1, -0.05) is 11.3 Å². The van der Waals surface area contributed by atoms with Gasteiger partial charge in [0.2, 0.25) is 0 Å². The molecule has 9 heteroatoms. The van der Waals surface area contributed by atoms with Crippen molar-refractivity contribution in [3.05, 3.63) is 45.3 Å². The van der Waals surface area contributed by atoms with Crippen LogP contribution in [-0.2, 0) is 4.79 Å². The van der Waals surface area contributed by atoms with Gasteiger partial charge in [0.15, 0.2) is 6.10 Å². The van der Waals surface area contributed by atoms with Crippen molar-refractivity contribution in [2.24, 2.45) is 0 Å². The summed E-state index contributed by atoms with van der Waals surface area (Å²) >= 11 is 0.792. The molecule has 1 aromatic carbocycles. The fourth-order valence-electron chi connectivity index (χ4n) is 2.03. The molecule has 118 valence electrons. The summed E-state index contributed by atoms with van der Waals surface area (Å²) < 4.78 is 5.42. The molecule has 1 atom stereocenters. The van der Waals surface area contributed by atoms with E-state index in [2.05, 4.69) is 10.6 Å². The molecule has 3 rings (SSSR count). The van der Waals surface area contributed by atoms with E-state index in [0.717, 1.165) is 11.3 Å². The lowest BCUT2D eigenvalue weighted by Gasteiger charge is -2.23. The van der Waals surface area contributed by atoms with Crippen molar-refractivity contribution in [1.29, 1.82) is 0 Å². The first-order valence-electron chi connectivity index (χ1n) is 6.61. The summed E-state index contributed by atoms with van der Waals surface area (Å²) in [5, 5.41) is 15.9. The van der Waals surface area contributed by atoms with E-state index in [1.54, 1.807) is 25.1 Å². The van der Waals surface area contributed by atoms with Crippen LogP contribution in [0.15, 0.2) is 30.3 Å². The molecule has 0 spiro atoms. The molecule has 0 saturated heterocycles. The van der Waals surface area contributed by atoms with Crippen LogP contribution in [0.1, 0.15) is 16.6 Å². The van der Waals surface area contributed by atoms with Gasteiger partial charge in [-0.05, 0) is 31.2 Å². The summed E-state index contributed by atoms with van der Waals surface area (Å²) in [6, 6.07) is 7.50. The number of thiophene rings is 1. The highest BCUT2D eigenvalue weighted by Gasteiger charge is 2.24. The molecule has 1 aliphatic rings. The normalized spacial score (nSPS) is 16.0. The van der Waals surface area contributed by atoms with E-state index in [-0.39, 0.29) is 15.8 Å². The quantitative estimate of drug-likeness (QED) is 0.662. The number of nitro groups is 1. The minimum Gasteiger partial charge on any atom is -0.479 e. The lowest BCUT2D eigenvalue weighted by atomic mass is 10.2. The van der Waals surface area contributed by atoms with Gasteiger partial charge in [0, 0.05) is 11.8 Å². The molecule has 8 nitrogen and oxygen atoms in total. The molecule has 0 saturated carbocycles. The lowest BCUT2D eigenvalue weighted by Crippen LogP contribution is -2.34. The molecular weight excluding hydrogens is 322 g/mol. The predicted molar refractivity (Wildman–Crippen MR) is 84.1 cm³/mol. The molecule has 0 radical (unpaired) electrons. The largest absolute Gasteiger partial charge is 0.479 e. The van der Waals surface area contributed by atoms with Crippen LogP contribution in [0.2, 0.25) is 0 Å². The fraction of sp³-hybridized carbons (Fsp3) is 0.143. The third-order valence-corrected chi connectivity index (χ3v) is 4.20. The third-order valence-electron chi connectivity index (χ3n) is 3.16. The highest BCUT2D eigenvalue weighted by Crippen LogP contribution is 2.32. The van der Waals surface area contributed by atoms with Crippen molar-refractivity contribution >= 4 is 39.5 Å². The SMILES string of the molecule is CC1Oc2ccc(NC(=O)c3ccc([N+](=O)[O-])s3)cc2NC1=O.